The molecule has 0 spiro atoms. The summed E-state index contributed by atoms with van der Waals surface area (Å²) < 4.78 is 19.1. The molecule has 6 heteroatoms. The molecule has 1 aliphatic heterocycles. The minimum absolute atomic E-state index is 0.0971. The number of nitrogens with one attached hydrogen (secondary N) is 1. The third-order valence-electron chi connectivity index (χ3n) is 3.40. The molecule has 21 heavy (non-hydrogen) atoms. The summed E-state index contributed by atoms with van der Waals surface area (Å²) in [5.41, 5.74) is 0.429. The maximum atomic E-state index is 13.7. The van der Waals surface area contributed by atoms with E-state index in [2.05, 4.69) is 5.32 Å². The largest absolute Gasteiger partial charge is 0.481 e. The summed E-state index contributed by atoms with van der Waals surface area (Å²) in [4.78, 5) is 22.3. The fourth-order valence-electron chi connectivity index (χ4n) is 2.32. The molecule has 1 aliphatic rings. The normalized spacial score (nSPS) is 17.7. The summed E-state index contributed by atoms with van der Waals surface area (Å²) in [5, 5.41) is 11.2. The van der Waals surface area contributed by atoms with E-state index in [0.29, 0.717) is 18.5 Å². The highest BCUT2D eigenvalue weighted by atomic mass is 19.1. The van der Waals surface area contributed by atoms with Crippen LogP contribution >= 0.6 is 0 Å². The van der Waals surface area contributed by atoms with E-state index in [1.165, 1.54) is 12.1 Å². The minimum Gasteiger partial charge on any atom is -0.481 e. The molecule has 1 saturated heterocycles. The lowest BCUT2D eigenvalue weighted by Gasteiger charge is -2.10. The predicted octanol–water partition coefficient (Wildman–Crippen LogP) is 2.35. The number of hydrogen-bond donors (Lipinski definition) is 2. The molecule has 0 unspecified atom stereocenters. The van der Waals surface area contributed by atoms with Gasteiger partial charge in [-0.1, -0.05) is 6.07 Å². The van der Waals surface area contributed by atoms with Crippen molar-refractivity contribution in [2.45, 2.75) is 38.2 Å². The number of carbonyl (C=O) groups excluding carboxylic acids is 1. The molecule has 1 atom stereocenters. The number of hydrogen-bond acceptors (Lipinski definition) is 3. The van der Waals surface area contributed by atoms with E-state index in [9.17, 15) is 14.0 Å². The molecule has 114 valence electrons. The van der Waals surface area contributed by atoms with Crippen LogP contribution in [0.3, 0.4) is 0 Å². The zero-order valence-electron chi connectivity index (χ0n) is 11.6. The van der Waals surface area contributed by atoms with Gasteiger partial charge in [-0.25, -0.2) is 4.39 Å². The minimum atomic E-state index is -1.10. The predicted molar refractivity (Wildman–Crippen MR) is 74.6 cm³/mol. The van der Waals surface area contributed by atoms with Crippen molar-refractivity contribution in [2.24, 2.45) is 0 Å². The number of halogens is 1. The average molecular weight is 295 g/mol. The van der Waals surface area contributed by atoms with Crippen LogP contribution in [0.1, 0.15) is 31.2 Å². The molecule has 1 aromatic rings. The molecular weight excluding hydrogens is 277 g/mol. The molecule has 2 rings (SSSR count). The zero-order valence-corrected chi connectivity index (χ0v) is 11.6. The van der Waals surface area contributed by atoms with Gasteiger partial charge in [0.05, 0.1) is 12.5 Å². The van der Waals surface area contributed by atoms with Gasteiger partial charge in [0.1, 0.15) is 5.82 Å². The van der Waals surface area contributed by atoms with Crippen molar-refractivity contribution in [2.75, 3.05) is 11.9 Å². The van der Waals surface area contributed by atoms with Crippen LogP contribution in [0.4, 0.5) is 10.1 Å². The first-order valence-electron chi connectivity index (χ1n) is 6.96. The third kappa shape index (κ3) is 4.82. The van der Waals surface area contributed by atoms with Crippen molar-refractivity contribution >= 4 is 17.6 Å². The van der Waals surface area contributed by atoms with E-state index in [1.54, 1.807) is 0 Å². The van der Waals surface area contributed by atoms with Crippen LogP contribution in [0.15, 0.2) is 18.2 Å². The number of anilines is 1. The Morgan fingerprint density at radius 3 is 2.86 bits per heavy atom. The number of carboxylic acids is 1. The fraction of sp³-hybridized carbons (Fsp3) is 0.467. The van der Waals surface area contributed by atoms with Gasteiger partial charge in [-0.05, 0) is 37.0 Å². The van der Waals surface area contributed by atoms with Crippen LogP contribution in [0.5, 0.6) is 0 Å². The Bertz CT molecular complexity index is 526. The second kappa shape index (κ2) is 7.17. The second-order valence-corrected chi connectivity index (χ2v) is 5.10. The maximum absolute atomic E-state index is 13.7. The Morgan fingerprint density at radius 1 is 1.43 bits per heavy atom. The Balaban J connectivity index is 1.85. The quantitative estimate of drug-likeness (QED) is 0.844. The average Bonchev–Trinajstić information content (AvgIpc) is 2.92. The Hall–Kier alpha value is -1.95. The summed E-state index contributed by atoms with van der Waals surface area (Å²) >= 11 is 0. The van der Waals surface area contributed by atoms with E-state index in [1.807, 2.05) is 0 Å². The summed E-state index contributed by atoms with van der Waals surface area (Å²) in [7, 11) is 0. The van der Waals surface area contributed by atoms with Gasteiger partial charge >= 0.3 is 5.97 Å². The van der Waals surface area contributed by atoms with Gasteiger partial charge in [0.15, 0.2) is 0 Å². The van der Waals surface area contributed by atoms with Gasteiger partial charge in [-0.15, -0.1) is 0 Å². The molecule has 2 N–H and O–H groups in total. The molecule has 0 aliphatic carbocycles. The van der Waals surface area contributed by atoms with Gasteiger partial charge in [0, 0.05) is 18.7 Å². The fourth-order valence-corrected chi connectivity index (χ4v) is 2.32. The monoisotopic (exact) mass is 295 g/mol. The number of aliphatic carboxylic acids is 1. The summed E-state index contributed by atoms with van der Waals surface area (Å²) in [6, 6.07) is 4.02. The number of benzene rings is 1. The van der Waals surface area contributed by atoms with Crippen molar-refractivity contribution in [1.29, 1.82) is 0 Å². The van der Waals surface area contributed by atoms with E-state index in [4.69, 9.17) is 9.84 Å². The van der Waals surface area contributed by atoms with Crippen LogP contribution < -0.4 is 5.32 Å². The highest BCUT2D eigenvalue weighted by molar-refractivity contribution is 5.90. The van der Waals surface area contributed by atoms with Crippen LogP contribution in [0, 0.1) is 5.82 Å². The summed E-state index contributed by atoms with van der Waals surface area (Å²) in [6.45, 7) is 0.753. The highest BCUT2D eigenvalue weighted by Crippen LogP contribution is 2.18. The molecule has 0 bridgehead atoms. The lowest BCUT2D eigenvalue weighted by atomic mass is 10.1. The molecular formula is C15H18FNO4. The van der Waals surface area contributed by atoms with E-state index < -0.39 is 11.8 Å². The molecule has 0 saturated carbocycles. The molecule has 1 heterocycles. The van der Waals surface area contributed by atoms with Crippen molar-refractivity contribution in [1.82, 2.24) is 0 Å². The van der Waals surface area contributed by atoms with E-state index in [0.717, 1.165) is 25.5 Å². The Morgan fingerprint density at radius 2 is 2.24 bits per heavy atom. The standard InChI is InChI=1S/C15H18FNO4/c16-13-9-11(4-3-10(13)8-15(19)20)17-14(18)6-5-12-2-1-7-21-12/h3-4,9,12H,1-2,5-8H2,(H,17,18)(H,19,20)/t12-/m0/s1. The summed E-state index contributed by atoms with van der Waals surface area (Å²) in [6.07, 6.45) is 2.76. The molecule has 5 nitrogen and oxygen atoms in total. The van der Waals surface area contributed by atoms with Gasteiger partial charge in [0.25, 0.3) is 0 Å². The molecule has 1 fully saturated rings. The molecule has 1 aromatic carbocycles. The molecule has 0 radical (unpaired) electrons. The smallest absolute Gasteiger partial charge is 0.307 e. The van der Waals surface area contributed by atoms with Crippen LogP contribution in [0.25, 0.3) is 0 Å². The van der Waals surface area contributed by atoms with Crippen molar-refractivity contribution in [3.05, 3.63) is 29.6 Å². The Kier molecular flexibility index (Phi) is 5.27. The van der Waals surface area contributed by atoms with Crippen LogP contribution in [-0.4, -0.2) is 29.7 Å². The number of ether oxygens (including phenoxy) is 1. The lowest BCUT2D eigenvalue weighted by molar-refractivity contribution is -0.136. The second-order valence-electron chi connectivity index (χ2n) is 5.10. The first-order chi connectivity index (χ1) is 10.0. The van der Waals surface area contributed by atoms with Crippen molar-refractivity contribution in [3.8, 4) is 0 Å². The highest BCUT2D eigenvalue weighted by Gasteiger charge is 2.17. The van der Waals surface area contributed by atoms with Gasteiger partial charge < -0.3 is 15.2 Å². The summed E-state index contributed by atoms with van der Waals surface area (Å²) in [5.74, 6) is -1.92. The zero-order chi connectivity index (χ0) is 15.2. The van der Waals surface area contributed by atoms with Crippen LogP contribution in [0.2, 0.25) is 0 Å². The molecule has 0 aromatic heterocycles. The maximum Gasteiger partial charge on any atom is 0.307 e. The molecule has 1 amide bonds. The van der Waals surface area contributed by atoms with Gasteiger partial charge in [0.2, 0.25) is 5.91 Å². The van der Waals surface area contributed by atoms with E-state index in [-0.39, 0.29) is 24.0 Å². The first-order valence-corrected chi connectivity index (χ1v) is 6.96. The number of amides is 1. The number of rotatable bonds is 6. The number of carboxylic acid groups (broad SMARTS) is 1. The van der Waals surface area contributed by atoms with Gasteiger partial charge in [-0.3, -0.25) is 9.59 Å². The topological polar surface area (TPSA) is 75.6 Å². The first kappa shape index (κ1) is 15.4. The van der Waals surface area contributed by atoms with Crippen molar-refractivity contribution in [3.63, 3.8) is 0 Å². The van der Waals surface area contributed by atoms with Crippen LogP contribution in [-0.2, 0) is 20.7 Å². The van der Waals surface area contributed by atoms with Gasteiger partial charge in [-0.2, -0.15) is 0 Å². The third-order valence-corrected chi connectivity index (χ3v) is 3.40. The lowest BCUT2D eigenvalue weighted by Crippen LogP contribution is -2.15. The van der Waals surface area contributed by atoms with Crippen molar-refractivity contribution < 1.29 is 23.8 Å². The SMILES string of the molecule is O=C(O)Cc1ccc(NC(=O)CC[C@@H]2CCCO2)cc1F. The number of carbonyl (C=O) groups is 2. The van der Waals surface area contributed by atoms with E-state index >= 15 is 0 Å². The Labute approximate surface area is 122 Å².